The molecule has 110 valence electrons. The Morgan fingerprint density at radius 2 is 2.05 bits per heavy atom. The number of nitrogens with two attached hydrogens (primary N) is 1. The van der Waals surface area contributed by atoms with Gasteiger partial charge < -0.3 is 10.6 Å². The Morgan fingerprint density at radius 3 is 2.53 bits per heavy atom. The van der Waals surface area contributed by atoms with Crippen molar-refractivity contribution in [3.63, 3.8) is 0 Å². The zero-order chi connectivity index (χ0) is 14.5. The second-order valence-corrected chi connectivity index (χ2v) is 7.34. The van der Waals surface area contributed by atoms with Gasteiger partial charge in [-0.3, -0.25) is 0 Å². The Bertz CT molecular complexity index is 481. The third kappa shape index (κ3) is 4.85. The van der Waals surface area contributed by atoms with Crippen molar-refractivity contribution in [2.75, 3.05) is 19.6 Å². The fourth-order valence-electron chi connectivity index (χ4n) is 1.83. The van der Waals surface area contributed by atoms with Gasteiger partial charge in [-0.05, 0) is 37.0 Å². The number of sulfonamides is 1. The van der Waals surface area contributed by atoms with Gasteiger partial charge in [-0.1, -0.05) is 13.8 Å². The smallest absolute Gasteiger partial charge is 0.250 e. The number of likely N-dealkylation sites (N-methyl/N-ethyl adjacent to an activating group) is 1. The molecular formula is C12H23N3O2S2. The highest BCUT2D eigenvalue weighted by Crippen LogP contribution is 2.20. The zero-order valence-corrected chi connectivity index (χ0v) is 13.4. The van der Waals surface area contributed by atoms with Gasteiger partial charge >= 0.3 is 0 Å². The molecular weight excluding hydrogens is 282 g/mol. The van der Waals surface area contributed by atoms with Crippen molar-refractivity contribution in [2.45, 2.75) is 37.6 Å². The van der Waals surface area contributed by atoms with E-state index in [1.165, 1.54) is 11.3 Å². The molecule has 1 aromatic heterocycles. The first kappa shape index (κ1) is 16.6. The summed E-state index contributed by atoms with van der Waals surface area (Å²) in [6.45, 7) is 8.92. The van der Waals surface area contributed by atoms with Crippen molar-refractivity contribution in [2.24, 2.45) is 5.73 Å². The largest absolute Gasteiger partial charge is 0.326 e. The van der Waals surface area contributed by atoms with Crippen LogP contribution in [0.5, 0.6) is 0 Å². The normalized spacial score (nSPS) is 13.9. The highest BCUT2D eigenvalue weighted by molar-refractivity contribution is 7.91. The maximum atomic E-state index is 12.2. The molecule has 1 atom stereocenters. The van der Waals surface area contributed by atoms with Crippen LogP contribution in [-0.2, 0) is 16.6 Å². The predicted octanol–water partition coefficient (Wildman–Crippen LogP) is 1.22. The van der Waals surface area contributed by atoms with Gasteiger partial charge in [0, 0.05) is 19.1 Å². The Hall–Kier alpha value is -0.470. The van der Waals surface area contributed by atoms with Gasteiger partial charge in [0.1, 0.15) is 4.21 Å². The molecule has 0 saturated heterocycles. The highest BCUT2D eigenvalue weighted by atomic mass is 32.2. The van der Waals surface area contributed by atoms with Crippen LogP contribution in [0, 0.1) is 0 Å². The van der Waals surface area contributed by atoms with Crippen molar-refractivity contribution in [1.29, 1.82) is 0 Å². The first-order chi connectivity index (χ1) is 8.92. The van der Waals surface area contributed by atoms with Crippen LogP contribution in [-0.4, -0.2) is 39.0 Å². The third-order valence-corrected chi connectivity index (χ3v) is 5.99. The number of thiophene rings is 1. The number of hydrogen-bond donors (Lipinski definition) is 2. The second kappa shape index (κ2) is 7.35. The van der Waals surface area contributed by atoms with E-state index in [0.29, 0.717) is 17.3 Å². The summed E-state index contributed by atoms with van der Waals surface area (Å²) in [5.41, 5.74) is 6.34. The number of nitrogens with one attached hydrogen (secondary N) is 1. The molecule has 0 fully saturated rings. The van der Waals surface area contributed by atoms with E-state index >= 15 is 0 Å². The lowest BCUT2D eigenvalue weighted by Crippen LogP contribution is -2.41. The summed E-state index contributed by atoms with van der Waals surface area (Å²) >= 11 is 1.21. The summed E-state index contributed by atoms with van der Waals surface area (Å²) in [6, 6.07) is 1.52. The molecule has 0 aromatic carbocycles. The lowest BCUT2D eigenvalue weighted by atomic mass is 10.3. The molecule has 0 spiro atoms. The highest BCUT2D eigenvalue weighted by Gasteiger charge is 2.20. The van der Waals surface area contributed by atoms with Crippen LogP contribution >= 0.6 is 11.3 Å². The van der Waals surface area contributed by atoms with E-state index in [9.17, 15) is 8.42 Å². The Labute approximate surface area is 119 Å². The van der Waals surface area contributed by atoms with Gasteiger partial charge in [0.25, 0.3) is 0 Å². The van der Waals surface area contributed by atoms with E-state index in [-0.39, 0.29) is 6.04 Å². The van der Waals surface area contributed by atoms with Crippen molar-refractivity contribution >= 4 is 21.4 Å². The van der Waals surface area contributed by atoms with Crippen LogP contribution < -0.4 is 10.5 Å². The lowest BCUT2D eigenvalue weighted by molar-refractivity contribution is 0.282. The average Bonchev–Trinajstić information content (AvgIpc) is 2.84. The fourth-order valence-corrected chi connectivity index (χ4v) is 4.30. The molecule has 7 heteroatoms. The Morgan fingerprint density at radius 1 is 1.42 bits per heavy atom. The molecule has 0 radical (unpaired) electrons. The van der Waals surface area contributed by atoms with Crippen LogP contribution in [0.2, 0.25) is 0 Å². The minimum atomic E-state index is -3.42. The zero-order valence-electron chi connectivity index (χ0n) is 11.7. The molecule has 0 saturated carbocycles. The molecule has 1 unspecified atom stereocenters. The van der Waals surface area contributed by atoms with E-state index < -0.39 is 10.0 Å². The summed E-state index contributed by atoms with van der Waals surface area (Å²) in [4.78, 5) is 2.19. The molecule has 19 heavy (non-hydrogen) atoms. The van der Waals surface area contributed by atoms with E-state index in [2.05, 4.69) is 23.5 Å². The molecule has 0 aliphatic rings. The van der Waals surface area contributed by atoms with Crippen LogP contribution in [0.4, 0.5) is 0 Å². The average molecular weight is 305 g/mol. The molecule has 1 heterocycles. The van der Waals surface area contributed by atoms with Crippen molar-refractivity contribution in [3.05, 3.63) is 17.0 Å². The Balaban J connectivity index is 2.68. The van der Waals surface area contributed by atoms with Gasteiger partial charge in [0.05, 0.1) is 0 Å². The van der Waals surface area contributed by atoms with Crippen LogP contribution in [0.1, 0.15) is 26.3 Å². The Kier molecular flexibility index (Phi) is 6.41. The van der Waals surface area contributed by atoms with Gasteiger partial charge in [0.15, 0.2) is 0 Å². The topological polar surface area (TPSA) is 75.4 Å². The molecule has 1 rings (SSSR count). The van der Waals surface area contributed by atoms with E-state index in [1.807, 2.05) is 6.92 Å². The SMILES string of the molecule is CCN(CC)CC(C)NS(=O)(=O)c1cc(CN)cs1. The number of rotatable bonds is 8. The first-order valence-corrected chi connectivity index (χ1v) is 8.81. The van der Waals surface area contributed by atoms with E-state index in [4.69, 9.17) is 5.73 Å². The summed E-state index contributed by atoms with van der Waals surface area (Å²) in [5.74, 6) is 0. The molecule has 1 aromatic rings. The van der Waals surface area contributed by atoms with Crippen LogP contribution in [0.3, 0.4) is 0 Å². The van der Waals surface area contributed by atoms with Crippen molar-refractivity contribution in [3.8, 4) is 0 Å². The van der Waals surface area contributed by atoms with E-state index in [1.54, 1.807) is 11.4 Å². The van der Waals surface area contributed by atoms with Gasteiger partial charge in [0.2, 0.25) is 10.0 Å². The minimum absolute atomic E-state index is 0.117. The fraction of sp³-hybridized carbons (Fsp3) is 0.667. The van der Waals surface area contributed by atoms with Gasteiger partial charge in [-0.25, -0.2) is 13.1 Å². The van der Waals surface area contributed by atoms with Crippen molar-refractivity contribution < 1.29 is 8.42 Å². The quantitative estimate of drug-likeness (QED) is 0.757. The summed E-state index contributed by atoms with van der Waals surface area (Å²) in [5, 5.41) is 1.78. The third-order valence-electron chi connectivity index (χ3n) is 2.91. The van der Waals surface area contributed by atoms with Gasteiger partial charge in [-0.2, -0.15) is 0 Å². The molecule has 5 nitrogen and oxygen atoms in total. The first-order valence-electron chi connectivity index (χ1n) is 6.45. The maximum Gasteiger partial charge on any atom is 0.250 e. The van der Waals surface area contributed by atoms with Crippen molar-refractivity contribution in [1.82, 2.24) is 9.62 Å². The predicted molar refractivity (Wildman–Crippen MR) is 79.8 cm³/mol. The van der Waals surface area contributed by atoms with Gasteiger partial charge in [-0.15, -0.1) is 11.3 Å². The summed E-state index contributed by atoms with van der Waals surface area (Å²) in [6.07, 6.45) is 0. The molecule has 0 amide bonds. The molecule has 3 N–H and O–H groups in total. The summed E-state index contributed by atoms with van der Waals surface area (Å²) < 4.78 is 27.4. The standard InChI is InChI=1S/C12H23N3O2S2/c1-4-15(5-2)8-10(3)14-19(16,17)12-6-11(7-13)9-18-12/h6,9-10,14H,4-5,7-8,13H2,1-3H3. The number of nitrogens with zero attached hydrogens (tertiary/aromatic N) is 1. The lowest BCUT2D eigenvalue weighted by Gasteiger charge is -2.23. The maximum absolute atomic E-state index is 12.2. The molecule has 0 aliphatic heterocycles. The van der Waals surface area contributed by atoms with Crippen LogP contribution in [0.25, 0.3) is 0 Å². The van der Waals surface area contributed by atoms with E-state index in [0.717, 1.165) is 18.7 Å². The molecule has 0 aliphatic carbocycles. The second-order valence-electron chi connectivity index (χ2n) is 4.49. The monoisotopic (exact) mass is 305 g/mol. The summed E-state index contributed by atoms with van der Waals surface area (Å²) in [7, 11) is -3.42. The minimum Gasteiger partial charge on any atom is -0.326 e. The van der Waals surface area contributed by atoms with Crippen LogP contribution in [0.15, 0.2) is 15.7 Å². The molecule has 0 bridgehead atoms. The number of hydrogen-bond acceptors (Lipinski definition) is 5.